The van der Waals surface area contributed by atoms with E-state index in [1.54, 1.807) is 22.9 Å². The van der Waals surface area contributed by atoms with Crippen LogP contribution in [0.3, 0.4) is 0 Å². The van der Waals surface area contributed by atoms with Crippen LogP contribution in [0, 0.1) is 5.92 Å². The van der Waals surface area contributed by atoms with Crippen molar-refractivity contribution in [1.29, 1.82) is 0 Å². The maximum Gasteiger partial charge on any atom is 0.249 e. The SMILES string of the molecule is NC(=O)c1cc(N2C[C@@H]3CC[C@H](C2)N(Cc2cscn2)C3=O)nc2ccccc12. The van der Waals surface area contributed by atoms with Crippen molar-refractivity contribution in [3.05, 3.63) is 52.5 Å². The largest absolute Gasteiger partial charge is 0.366 e. The Morgan fingerprint density at radius 1 is 1.24 bits per heavy atom. The molecule has 0 unspecified atom stereocenters. The van der Waals surface area contributed by atoms with Crippen molar-refractivity contribution in [1.82, 2.24) is 14.9 Å². The second kappa shape index (κ2) is 7.11. The number of primary amides is 1. The number of carbonyl (C=O) groups excluding carboxylic acids is 2. The van der Waals surface area contributed by atoms with Gasteiger partial charge in [-0.25, -0.2) is 9.97 Å². The van der Waals surface area contributed by atoms with E-state index in [9.17, 15) is 9.59 Å². The van der Waals surface area contributed by atoms with E-state index in [-0.39, 0.29) is 17.9 Å². The van der Waals surface area contributed by atoms with E-state index in [0.717, 1.165) is 29.4 Å². The molecule has 0 radical (unpaired) electrons. The Kier molecular flexibility index (Phi) is 4.43. The fourth-order valence-corrected chi connectivity index (χ4v) is 5.00. The van der Waals surface area contributed by atoms with Gasteiger partial charge in [0, 0.05) is 29.9 Å². The Labute approximate surface area is 172 Å². The van der Waals surface area contributed by atoms with E-state index < -0.39 is 5.91 Å². The molecule has 3 aliphatic rings. The molecular formula is C21H21N5O2S. The third-order valence-electron chi connectivity index (χ3n) is 5.90. The Morgan fingerprint density at radius 3 is 2.90 bits per heavy atom. The molecule has 2 bridgehead atoms. The molecule has 0 spiro atoms. The van der Waals surface area contributed by atoms with Crippen LogP contribution < -0.4 is 10.6 Å². The lowest BCUT2D eigenvalue weighted by Gasteiger charge is -2.35. The number of piperidine rings is 1. The van der Waals surface area contributed by atoms with Crippen molar-refractivity contribution in [3.8, 4) is 0 Å². The molecule has 3 fully saturated rings. The highest BCUT2D eigenvalue weighted by molar-refractivity contribution is 7.07. The summed E-state index contributed by atoms with van der Waals surface area (Å²) in [6, 6.07) is 9.39. The topological polar surface area (TPSA) is 92.4 Å². The van der Waals surface area contributed by atoms with Gasteiger partial charge in [0.2, 0.25) is 11.8 Å². The molecule has 3 aromatic rings. The van der Waals surface area contributed by atoms with Crippen molar-refractivity contribution in [3.63, 3.8) is 0 Å². The normalized spacial score (nSPS) is 21.6. The number of rotatable bonds is 4. The van der Waals surface area contributed by atoms with E-state index in [1.807, 2.05) is 34.5 Å². The van der Waals surface area contributed by atoms with Crippen molar-refractivity contribution in [2.75, 3.05) is 18.0 Å². The molecule has 3 saturated heterocycles. The van der Waals surface area contributed by atoms with Gasteiger partial charge in [-0.2, -0.15) is 0 Å². The quantitative estimate of drug-likeness (QED) is 0.717. The number of aromatic nitrogens is 2. The minimum atomic E-state index is -0.469. The Hall–Kier alpha value is -3.00. The van der Waals surface area contributed by atoms with Gasteiger partial charge >= 0.3 is 0 Å². The predicted octanol–water partition coefficient (Wildman–Crippen LogP) is 2.42. The average Bonchev–Trinajstić information content (AvgIpc) is 3.09. The van der Waals surface area contributed by atoms with Gasteiger partial charge in [0.15, 0.2) is 0 Å². The summed E-state index contributed by atoms with van der Waals surface area (Å²) in [4.78, 5) is 38.4. The Balaban J connectivity index is 1.50. The number of carbonyl (C=O) groups is 2. The lowest BCUT2D eigenvalue weighted by Crippen LogP contribution is -2.47. The van der Waals surface area contributed by atoms with Crippen molar-refractivity contribution < 1.29 is 9.59 Å². The number of nitrogens with zero attached hydrogens (tertiary/aromatic N) is 4. The first-order valence-corrected chi connectivity index (χ1v) is 10.7. The summed E-state index contributed by atoms with van der Waals surface area (Å²) in [5.41, 5.74) is 9.58. The summed E-state index contributed by atoms with van der Waals surface area (Å²) in [7, 11) is 0. The van der Waals surface area contributed by atoms with Gasteiger partial charge < -0.3 is 15.5 Å². The zero-order chi connectivity index (χ0) is 20.0. The van der Waals surface area contributed by atoms with Crippen LogP contribution in [0.1, 0.15) is 28.9 Å². The van der Waals surface area contributed by atoms with Gasteiger partial charge in [-0.1, -0.05) is 18.2 Å². The minimum absolute atomic E-state index is 0.0716. The van der Waals surface area contributed by atoms with E-state index in [0.29, 0.717) is 31.0 Å². The van der Waals surface area contributed by atoms with Gasteiger partial charge in [-0.3, -0.25) is 9.59 Å². The number of hydrogen-bond donors (Lipinski definition) is 1. The van der Waals surface area contributed by atoms with E-state index in [2.05, 4.69) is 9.88 Å². The minimum Gasteiger partial charge on any atom is -0.366 e. The van der Waals surface area contributed by atoms with Crippen LogP contribution in [0.5, 0.6) is 0 Å². The van der Waals surface area contributed by atoms with Crippen molar-refractivity contribution >= 4 is 39.9 Å². The summed E-state index contributed by atoms with van der Waals surface area (Å²) in [5, 5.41) is 2.75. The standard InChI is InChI=1S/C21H21N5O2S/c22-20(27)17-7-19(24-18-4-2-1-3-16(17)18)25-8-13-5-6-15(10-25)26(21(13)28)9-14-11-29-12-23-14/h1-4,7,11-13,15H,5-6,8-10H2,(H2,22,27)/t13-,15+/m0/s1. The summed E-state index contributed by atoms with van der Waals surface area (Å²) >= 11 is 1.54. The lowest BCUT2D eigenvalue weighted by atomic mass is 9.94. The summed E-state index contributed by atoms with van der Waals surface area (Å²) in [6.07, 6.45) is 1.84. The fraction of sp³-hybridized carbons (Fsp3) is 0.333. The van der Waals surface area contributed by atoms with Crippen LogP contribution in [0.25, 0.3) is 10.9 Å². The molecule has 6 rings (SSSR count). The molecule has 0 aliphatic carbocycles. The molecular weight excluding hydrogens is 386 g/mol. The number of fused-ring (bicyclic) bond motifs is 5. The maximum atomic E-state index is 13.1. The molecule has 5 heterocycles. The third kappa shape index (κ3) is 3.23. The number of thiazole rings is 1. The molecule has 8 heteroatoms. The second-order valence-electron chi connectivity index (χ2n) is 7.69. The van der Waals surface area contributed by atoms with E-state index in [1.165, 1.54) is 0 Å². The first-order chi connectivity index (χ1) is 14.1. The highest BCUT2D eigenvalue weighted by Gasteiger charge is 2.41. The Bertz CT molecular complexity index is 1080. The Morgan fingerprint density at radius 2 is 2.10 bits per heavy atom. The summed E-state index contributed by atoms with van der Waals surface area (Å²) in [5.74, 6) is 0.354. The molecule has 2 aromatic heterocycles. The highest BCUT2D eigenvalue weighted by Crippen LogP contribution is 2.33. The van der Waals surface area contributed by atoms with E-state index >= 15 is 0 Å². The van der Waals surface area contributed by atoms with Gasteiger partial charge in [0.1, 0.15) is 5.82 Å². The fourth-order valence-electron chi connectivity index (χ4n) is 4.45. The van der Waals surface area contributed by atoms with Gasteiger partial charge in [-0.05, 0) is 25.0 Å². The average molecular weight is 407 g/mol. The van der Waals surface area contributed by atoms with E-state index in [4.69, 9.17) is 10.7 Å². The highest BCUT2D eigenvalue weighted by atomic mass is 32.1. The zero-order valence-electron chi connectivity index (χ0n) is 15.8. The first-order valence-electron chi connectivity index (χ1n) is 9.72. The predicted molar refractivity (Wildman–Crippen MR) is 112 cm³/mol. The van der Waals surface area contributed by atoms with Crippen molar-refractivity contribution in [2.45, 2.75) is 25.4 Å². The third-order valence-corrected chi connectivity index (χ3v) is 6.54. The molecule has 29 heavy (non-hydrogen) atoms. The summed E-state index contributed by atoms with van der Waals surface area (Å²) in [6.45, 7) is 1.84. The molecule has 148 valence electrons. The lowest BCUT2D eigenvalue weighted by molar-refractivity contribution is -0.140. The molecule has 1 aromatic carbocycles. The summed E-state index contributed by atoms with van der Waals surface area (Å²) < 4.78 is 0. The number of para-hydroxylation sites is 1. The van der Waals surface area contributed by atoms with Gasteiger partial charge in [0.25, 0.3) is 0 Å². The maximum absolute atomic E-state index is 13.1. The number of hydrogen-bond acceptors (Lipinski definition) is 6. The molecule has 2 N–H and O–H groups in total. The number of anilines is 1. The zero-order valence-corrected chi connectivity index (χ0v) is 16.6. The number of nitrogens with two attached hydrogens (primary N) is 1. The van der Waals surface area contributed by atoms with Crippen LogP contribution >= 0.6 is 11.3 Å². The molecule has 0 saturated carbocycles. The molecule has 2 atom stereocenters. The second-order valence-corrected chi connectivity index (χ2v) is 8.41. The van der Waals surface area contributed by atoms with Crippen molar-refractivity contribution in [2.24, 2.45) is 11.7 Å². The molecule has 2 amide bonds. The monoisotopic (exact) mass is 407 g/mol. The van der Waals surface area contributed by atoms with Crippen LogP contribution in [0.15, 0.2) is 41.2 Å². The van der Waals surface area contributed by atoms with Crippen LogP contribution in [-0.2, 0) is 11.3 Å². The molecule has 3 aliphatic heterocycles. The first kappa shape index (κ1) is 18.1. The van der Waals surface area contributed by atoms with Gasteiger partial charge in [-0.15, -0.1) is 11.3 Å². The van der Waals surface area contributed by atoms with Gasteiger partial charge in [0.05, 0.1) is 34.7 Å². The smallest absolute Gasteiger partial charge is 0.249 e. The number of amides is 2. The van der Waals surface area contributed by atoms with Crippen LogP contribution in [-0.4, -0.2) is 45.8 Å². The number of benzene rings is 1. The number of pyridine rings is 1. The van der Waals surface area contributed by atoms with Crippen LogP contribution in [0.4, 0.5) is 5.82 Å². The van der Waals surface area contributed by atoms with Crippen LogP contribution in [0.2, 0.25) is 0 Å². The molecule has 7 nitrogen and oxygen atoms in total.